The maximum atomic E-state index is 5.68. The first-order valence-corrected chi connectivity index (χ1v) is 6.26. The average Bonchev–Trinajstić information content (AvgIpc) is 2.64. The number of ether oxygens (including phenoxy) is 1. The van der Waals surface area contributed by atoms with Crippen LogP contribution in [-0.2, 0) is 13.2 Å². The molecule has 0 N–H and O–H groups in total. The predicted molar refractivity (Wildman–Crippen MR) is 68.9 cm³/mol. The van der Waals surface area contributed by atoms with Crippen LogP contribution in [0.5, 0.6) is 5.75 Å². The number of nitrogens with zero attached hydrogens (tertiary/aromatic N) is 3. The van der Waals surface area contributed by atoms with E-state index in [0.717, 1.165) is 28.2 Å². The van der Waals surface area contributed by atoms with Crippen molar-refractivity contribution in [2.75, 3.05) is 0 Å². The highest BCUT2D eigenvalue weighted by molar-refractivity contribution is 9.10. The molecule has 0 spiro atoms. The zero-order chi connectivity index (χ0) is 12.3. The fourth-order valence-electron chi connectivity index (χ4n) is 1.59. The highest BCUT2D eigenvalue weighted by Crippen LogP contribution is 2.22. The lowest BCUT2D eigenvalue weighted by molar-refractivity contribution is 0.290. The summed E-state index contributed by atoms with van der Waals surface area (Å²) in [5.74, 6) is 0.765. The molecular weight excluding hydrogens is 282 g/mol. The minimum Gasteiger partial charge on any atom is -0.486 e. The van der Waals surface area contributed by atoms with Crippen molar-refractivity contribution in [1.29, 1.82) is 0 Å². The van der Waals surface area contributed by atoms with Crippen LogP contribution in [0.2, 0.25) is 0 Å². The molecule has 0 atom stereocenters. The third kappa shape index (κ3) is 2.66. The molecule has 2 rings (SSSR count). The second kappa shape index (κ2) is 5.31. The van der Waals surface area contributed by atoms with E-state index in [1.165, 1.54) is 0 Å². The Balaban J connectivity index is 2.14. The second-order valence-corrected chi connectivity index (χ2v) is 4.43. The van der Waals surface area contributed by atoms with E-state index in [4.69, 9.17) is 4.74 Å². The summed E-state index contributed by atoms with van der Waals surface area (Å²) < 4.78 is 8.63. The summed E-state index contributed by atoms with van der Waals surface area (Å²) in [7, 11) is 0. The molecule has 0 aliphatic carbocycles. The Hall–Kier alpha value is -1.36. The fraction of sp³-hybridized carbons (Fsp3) is 0.333. The summed E-state index contributed by atoms with van der Waals surface area (Å²) >= 11 is 3.54. The Kier molecular flexibility index (Phi) is 3.78. The number of halogens is 1. The lowest BCUT2D eigenvalue weighted by Gasteiger charge is -2.07. The van der Waals surface area contributed by atoms with Crippen LogP contribution in [0.3, 0.4) is 0 Å². The minimum absolute atomic E-state index is 0.487. The van der Waals surface area contributed by atoms with Crippen LogP contribution in [0.1, 0.15) is 18.3 Å². The number of aryl methyl sites for hydroxylation is 2. The van der Waals surface area contributed by atoms with Gasteiger partial charge in [0.05, 0.1) is 22.1 Å². The first kappa shape index (κ1) is 12.1. The smallest absolute Gasteiger partial charge is 0.138 e. The average molecular weight is 296 g/mol. The zero-order valence-electron chi connectivity index (χ0n) is 9.85. The molecular formula is C12H14BrN3O. The van der Waals surface area contributed by atoms with Gasteiger partial charge in [0.1, 0.15) is 12.4 Å². The summed E-state index contributed by atoms with van der Waals surface area (Å²) in [5.41, 5.74) is 2.03. The summed E-state index contributed by atoms with van der Waals surface area (Å²) in [5, 5.41) is 4.42. The van der Waals surface area contributed by atoms with Crippen LogP contribution in [-0.4, -0.2) is 14.8 Å². The fourth-order valence-corrected chi connectivity index (χ4v) is 1.99. The number of hydrogen-bond acceptors (Lipinski definition) is 3. The molecule has 0 aromatic carbocycles. The van der Waals surface area contributed by atoms with Gasteiger partial charge in [-0.1, -0.05) is 0 Å². The molecule has 0 aliphatic heterocycles. The molecule has 0 bridgehead atoms. The number of aromatic nitrogens is 3. The van der Waals surface area contributed by atoms with E-state index in [1.54, 1.807) is 12.4 Å². The molecule has 2 aromatic rings. The van der Waals surface area contributed by atoms with E-state index in [2.05, 4.69) is 32.9 Å². The maximum Gasteiger partial charge on any atom is 0.138 e. The van der Waals surface area contributed by atoms with Crippen LogP contribution >= 0.6 is 15.9 Å². The van der Waals surface area contributed by atoms with Crippen molar-refractivity contribution < 1.29 is 4.74 Å². The lowest BCUT2D eigenvalue weighted by atomic mass is 10.4. The zero-order valence-corrected chi connectivity index (χ0v) is 11.4. The van der Waals surface area contributed by atoms with Gasteiger partial charge < -0.3 is 4.74 Å². The molecule has 90 valence electrons. The van der Waals surface area contributed by atoms with E-state index < -0.39 is 0 Å². The van der Waals surface area contributed by atoms with Gasteiger partial charge in [-0.15, -0.1) is 0 Å². The Morgan fingerprint density at radius 3 is 2.94 bits per heavy atom. The van der Waals surface area contributed by atoms with Crippen molar-refractivity contribution in [2.45, 2.75) is 27.0 Å². The minimum atomic E-state index is 0.487. The molecule has 0 unspecified atom stereocenters. The van der Waals surface area contributed by atoms with Gasteiger partial charge >= 0.3 is 0 Å². The molecule has 17 heavy (non-hydrogen) atoms. The lowest BCUT2D eigenvalue weighted by Crippen LogP contribution is -2.06. The Morgan fingerprint density at radius 2 is 2.29 bits per heavy atom. The predicted octanol–water partition coefficient (Wildman–Crippen LogP) is 2.95. The van der Waals surface area contributed by atoms with E-state index in [1.807, 2.05) is 23.7 Å². The number of hydrogen-bond donors (Lipinski definition) is 0. The van der Waals surface area contributed by atoms with Crippen molar-refractivity contribution >= 4 is 15.9 Å². The van der Waals surface area contributed by atoms with Crippen molar-refractivity contribution in [3.05, 3.63) is 40.4 Å². The Morgan fingerprint density at radius 1 is 1.47 bits per heavy atom. The highest BCUT2D eigenvalue weighted by atomic mass is 79.9. The summed E-state index contributed by atoms with van der Waals surface area (Å²) in [6.45, 7) is 5.36. The molecule has 4 nitrogen and oxygen atoms in total. The molecule has 0 saturated carbocycles. The van der Waals surface area contributed by atoms with Crippen molar-refractivity contribution in [1.82, 2.24) is 14.8 Å². The standard InChI is InChI=1S/C12H14BrN3O/c1-3-16-11(12(13)9(2)15-16)8-17-10-5-4-6-14-7-10/h4-7H,3,8H2,1-2H3. The first-order valence-electron chi connectivity index (χ1n) is 5.47. The van der Waals surface area contributed by atoms with Gasteiger partial charge in [0.2, 0.25) is 0 Å². The molecule has 5 heteroatoms. The Bertz CT molecular complexity index is 496. The highest BCUT2D eigenvalue weighted by Gasteiger charge is 2.12. The van der Waals surface area contributed by atoms with Crippen molar-refractivity contribution in [2.24, 2.45) is 0 Å². The molecule has 0 saturated heterocycles. The van der Waals surface area contributed by atoms with Crippen LogP contribution < -0.4 is 4.74 Å². The number of pyridine rings is 1. The van der Waals surface area contributed by atoms with Crippen LogP contribution in [0.25, 0.3) is 0 Å². The van der Waals surface area contributed by atoms with Crippen molar-refractivity contribution in [3.8, 4) is 5.75 Å². The third-order valence-electron chi connectivity index (χ3n) is 2.46. The molecule has 0 fully saturated rings. The van der Waals surface area contributed by atoms with E-state index in [-0.39, 0.29) is 0 Å². The molecule has 0 aliphatic rings. The SMILES string of the molecule is CCn1nc(C)c(Br)c1COc1cccnc1. The van der Waals surface area contributed by atoms with Crippen LogP contribution in [0, 0.1) is 6.92 Å². The van der Waals surface area contributed by atoms with Crippen molar-refractivity contribution in [3.63, 3.8) is 0 Å². The maximum absolute atomic E-state index is 5.68. The van der Waals surface area contributed by atoms with Gasteiger partial charge in [-0.2, -0.15) is 5.10 Å². The van der Waals surface area contributed by atoms with E-state index in [0.29, 0.717) is 6.61 Å². The van der Waals surface area contributed by atoms with Gasteiger partial charge in [-0.05, 0) is 41.9 Å². The van der Waals surface area contributed by atoms with Gasteiger partial charge in [0, 0.05) is 12.7 Å². The summed E-state index contributed by atoms with van der Waals surface area (Å²) in [6, 6.07) is 3.74. The summed E-state index contributed by atoms with van der Waals surface area (Å²) in [6.07, 6.45) is 3.43. The molecule has 2 heterocycles. The van der Waals surface area contributed by atoms with Crippen LogP contribution in [0.4, 0.5) is 0 Å². The largest absolute Gasteiger partial charge is 0.486 e. The monoisotopic (exact) mass is 295 g/mol. The van der Waals surface area contributed by atoms with Crippen LogP contribution in [0.15, 0.2) is 29.0 Å². The Labute approximate surface area is 109 Å². The topological polar surface area (TPSA) is 39.9 Å². The first-order chi connectivity index (χ1) is 8.22. The quantitative estimate of drug-likeness (QED) is 0.871. The molecule has 0 amide bonds. The summed E-state index contributed by atoms with van der Waals surface area (Å²) in [4.78, 5) is 4.01. The molecule has 0 radical (unpaired) electrons. The number of rotatable bonds is 4. The molecule has 2 aromatic heterocycles. The third-order valence-corrected chi connectivity index (χ3v) is 3.49. The normalized spacial score (nSPS) is 10.5. The van der Waals surface area contributed by atoms with Gasteiger partial charge in [0.25, 0.3) is 0 Å². The second-order valence-electron chi connectivity index (χ2n) is 3.64. The van der Waals surface area contributed by atoms with Gasteiger partial charge in [-0.25, -0.2) is 0 Å². The van der Waals surface area contributed by atoms with Gasteiger partial charge in [0.15, 0.2) is 0 Å². The van der Waals surface area contributed by atoms with E-state index in [9.17, 15) is 0 Å². The van der Waals surface area contributed by atoms with Gasteiger partial charge in [-0.3, -0.25) is 9.67 Å². The van der Waals surface area contributed by atoms with E-state index >= 15 is 0 Å².